The Morgan fingerprint density at radius 1 is 1.22 bits per heavy atom. The third-order valence-electron chi connectivity index (χ3n) is 3.52. The molecule has 1 heterocycles. The van der Waals surface area contributed by atoms with E-state index in [9.17, 15) is 20.0 Å². The minimum atomic E-state index is -0.691. The van der Waals surface area contributed by atoms with Crippen LogP contribution in [0.3, 0.4) is 0 Å². The van der Waals surface area contributed by atoms with E-state index in [1.54, 1.807) is 0 Å². The Balaban J connectivity index is 1.88. The lowest BCUT2D eigenvalue weighted by atomic mass is 9.93. The fourth-order valence-corrected chi connectivity index (χ4v) is 2.35. The summed E-state index contributed by atoms with van der Waals surface area (Å²) in [5.74, 6) is -0.908. The minimum absolute atomic E-state index is 0.0673. The quantitative estimate of drug-likeness (QED) is 0.574. The minimum Gasteiger partial charge on any atom is -0.396 e. The van der Waals surface area contributed by atoms with Crippen LogP contribution >= 0.6 is 0 Å². The smallest absolute Gasteiger partial charge is 0.396 e. The number of amides is 1. The normalized spacial score (nSPS) is 11.9. The van der Waals surface area contributed by atoms with Gasteiger partial charge in [-0.25, -0.2) is 0 Å². The molecule has 1 unspecified atom stereocenters. The van der Waals surface area contributed by atoms with Gasteiger partial charge < -0.3 is 14.8 Å². The Hall–Kier alpha value is -2.67. The van der Waals surface area contributed by atoms with Crippen molar-refractivity contribution >= 4 is 11.8 Å². The van der Waals surface area contributed by atoms with E-state index < -0.39 is 16.7 Å². The molecular formula is C16H18N2O5. The molecule has 0 saturated carbocycles. The van der Waals surface area contributed by atoms with Gasteiger partial charge in [-0.2, -0.15) is 0 Å². The van der Waals surface area contributed by atoms with Crippen molar-refractivity contribution in [3.8, 4) is 0 Å². The number of nitrogens with zero attached hydrogens (tertiary/aromatic N) is 1. The van der Waals surface area contributed by atoms with E-state index >= 15 is 0 Å². The van der Waals surface area contributed by atoms with Crippen LogP contribution in [0.15, 0.2) is 46.9 Å². The zero-order valence-electron chi connectivity index (χ0n) is 12.5. The van der Waals surface area contributed by atoms with Crippen LogP contribution in [-0.4, -0.2) is 29.1 Å². The molecule has 7 heteroatoms. The van der Waals surface area contributed by atoms with Gasteiger partial charge in [0, 0.05) is 13.2 Å². The summed E-state index contributed by atoms with van der Waals surface area (Å²) in [5.41, 5.74) is 1.10. The molecule has 0 spiro atoms. The molecule has 0 bridgehead atoms. The van der Waals surface area contributed by atoms with Crippen LogP contribution in [0.4, 0.5) is 5.88 Å². The second-order valence-corrected chi connectivity index (χ2v) is 5.06. The highest BCUT2D eigenvalue weighted by Crippen LogP contribution is 2.22. The van der Waals surface area contributed by atoms with Crippen LogP contribution in [0, 0.1) is 10.1 Å². The van der Waals surface area contributed by atoms with E-state index in [0.717, 1.165) is 11.6 Å². The standard InChI is InChI=1S/C16H18N2O5/c19-11-9-13(12-4-2-1-3-5-12)8-10-17-16(20)14-6-7-15(23-14)18(21)22/h1-7,13,19H,8-11H2,(H,17,20). The van der Waals surface area contributed by atoms with Crippen molar-refractivity contribution in [3.63, 3.8) is 0 Å². The maximum Gasteiger partial charge on any atom is 0.433 e. The number of hydrogen-bond donors (Lipinski definition) is 2. The summed E-state index contributed by atoms with van der Waals surface area (Å²) in [5, 5.41) is 22.4. The van der Waals surface area contributed by atoms with E-state index in [-0.39, 0.29) is 18.3 Å². The van der Waals surface area contributed by atoms with Gasteiger partial charge in [0.25, 0.3) is 5.91 Å². The van der Waals surface area contributed by atoms with Crippen LogP contribution in [-0.2, 0) is 0 Å². The Morgan fingerprint density at radius 2 is 1.96 bits per heavy atom. The summed E-state index contributed by atoms with van der Waals surface area (Å²) in [6.45, 7) is 0.449. The molecule has 0 aliphatic rings. The van der Waals surface area contributed by atoms with Gasteiger partial charge in [-0.3, -0.25) is 14.9 Å². The molecule has 23 heavy (non-hydrogen) atoms. The van der Waals surface area contributed by atoms with Gasteiger partial charge in [0.05, 0.1) is 6.07 Å². The predicted octanol–water partition coefficient (Wildman–Crippen LogP) is 2.47. The maximum atomic E-state index is 11.9. The van der Waals surface area contributed by atoms with Crippen LogP contribution in [0.1, 0.15) is 34.9 Å². The summed E-state index contributed by atoms with van der Waals surface area (Å²) in [6, 6.07) is 12.2. The monoisotopic (exact) mass is 318 g/mol. The lowest BCUT2D eigenvalue weighted by Gasteiger charge is -2.16. The zero-order chi connectivity index (χ0) is 16.7. The number of benzene rings is 1. The number of carbonyl (C=O) groups is 1. The van der Waals surface area contributed by atoms with Gasteiger partial charge in [0.2, 0.25) is 0 Å². The van der Waals surface area contributed by atoms with Crippen LogP contribution in [0.2, 0.25) is 0 Å². The Kier molecular flexibility index (Phi) is 5.87. The first-order chi connectivity index (χ1) is 11.1. The van der Waals surface area contributed by atoms with Gasteiger partial charge >= 0.3 is 5.88 Å². The second-order valence-electron chi connectivity index (χ2n) is 5.06. The number of nitrogens with one attached hydrogen (secondary N) is 1. The molecule has 0 radical (unpaired) electrons. The largest absolute Gasteiger partial charge is 0.433 e. The fourth-order valence-electron chi connectivity index (χ4n) is 2.35. The molecular weight excluding hydrogens is 300 g/mol. The molecule has 0 aliphatic heterocycles. The van der Waals surface area contributed by atoms with Crippen molar-refractivity contribution < 1.29 is 19.2 Å². The first-order valence-electron chi connectivity index (χ1n) is 7.30. The summed E-state index contributed by atoms with van der Waals surface area (Å²) >= 11 is 0. The van der Waals surface area contributed by atoms with Crippen molar-refractivity contribution in [2.24, 2.45) is 0 Å². The fraction of sp³-hybridized carbons (Fsp3) is 0.312. The third kappa shape index (κ3) is 4.65. The highest BCUT2D eigenvalue weighted by atomic mass is 16.6. The van der Waals surface area contributed by atoms with Crippen molar-refractivity contribution in [1.82, 2.24) is 5.32 Å². The molecule has 1 amide bonds. The predicted molar refractivity (Wildman–Crippen MR) is 83.2 cm³/mol. The molecule has 0 fully saturated rings. The van der Waals surface area contributed by atoms with E-state index in [1.807, 2.05) is 30.3 Å². The number of carbonyl (C=O) groups excluding carboxylic acids is 1. The van der Waals surface area contributed by atoms with Crippen LogP contribution < -0.4 is 5.32 Å². The first-order valence-corrected chi connectivity index (χ1v) is 7.30. The molecule has 1 aromatic heterocycles. The molecule has 1 aromatic carbocycles. The molecule has 7 nitrogen and oxygen atoms in total. The number of aliphatic hydroxyl groups excluding tert-OH is 1. The SMILES string of the molecule is O=C(NCCC(CCO)c1ccccc1)c1ccc([N+](=O)[O-])o1. The highest BCUT2D eigenvalue weighted by molar-refractivity contribution is 5.91. The van der Waals surface area contributed by atoms with Crippen molar-refractivity contribution in [2.75, 3.05) is 13.2 Å². The lowest BCUT2D eigenvalue weighted by Crippen LogP contribution is -2.25. The molecule has 2 aromatic rings. The molecule has 122 valence electrons. The Morgan fingerprint density at radius 3 is 2.57 bits per heavy atom. The molecule has 0 aliphatic carbocycles. The number of hydrogen-bond acceptors (Lipinski definition) is 5. The summed E-state index contributed by atoms with van der Waals surface area (Å²) in [6.07, 6.45) is 1.26. The van der Waals surface area contributed by atoms with Crippen molar-refractivity contribution in [2.45, 2.75) is 18.8 Å². The Bertz CT molecular complexity index is 654. The molecule has 2 rings (SSSR count). The molecule has 1 atom stereocenters. The highest BCUT2D eigenvalue weighted by Gasteiger charge is 2.17. The molecule has 2 N–H and O–H groups in total. The topological polar surface area (TPSA) is 106 Å². The average Bonchev–Trinajstić information content (AvgIpc) is 3.05. The number of nitro groups is 1. The second kappa shape index (κ2) is 8.09. The van der Waals surface area contributed by atoms with Crippen molar-refractivity contribution in [3.05, 3.63) is 63.9 Å². The first kappa shape index (κ1) is 16.7. The summed E-state index contributed by atoms with van der Waals surface area (Å²) in [4.78, 5) is 21.7. The Labute approximate surface area is 133 Å². The molecule has 0 saturated heterocycles. The average molecular weight is 318 g/mol. The number of rotatable bonds is 8. The van der Waals surface area contributed by atoms with Gasteiger partial charge in [-0.05, 0) is 30.4 Å². The number of aliphatic hydroxyl groups is 1. The maximum absolute atomic E-state index is 11.9. The van der Waals surface area contributed by atoms with E-state index in [0.29, 0.717) is 19.4 Å². The van der Waals surface area contributed by atoms with Gasteiger partial charge in [0.1, 0.15) is 4.92 Å². The van der Waals surface area contributed by atoms with E-state index in [4.69, 9.17) is 4.42 Å². The van der Waals surface area contributed by atoms with Gasteiger partial charge in [0.15, 0.2) is 5.76 Å². The lowest BCUT2D eigenvalue weighted by molar-refractivity contribution is -0.402. The number of furan rings is 1. The van der Waals surface area contributed by atoms with Gasteiger partial charge in [-0.1, -0.05) is 30.3 Å². The summed E-state index contributed by atoms with van der Waals surface area (Å²) < 4.78 is 4.85. The van der Waals surface area contributed by atoms with Crippen LogP contribution in [0.25, 0.3) is 0 Å². The summed E-state index contributed by atoms with van der Waals surface area (Å²) in [7, 11) is 0. The van der Waals surface area contributed by atoms with Crippen molar-refractivity contribution in [1.29, 1.82) is 0 Å². The zero-order valence-corrected chi connectivity index (χ0v) is 12.5. The van der Waals surface area contributed by atoms with Crippen LogP contribution in [0.5, 0.6) is 0 Å². The van der Waals surface area contributed by atoms with E-state index in [2.05, 4.69) is 5.32 Å². The van der Waals surface area contributed by atoms with E-state index in [1.165, 1.54) is 6.07 Å². The van der Waals surface area contributed by atoms with Gasteiger partial charge in [-0.15, -0.1) is 0 Å². The third-order valence-corrected chi connectivity index (χ3v) is 3.52.